The van der Waals surface area contributed by atoms with Gasteiger partial charge in [0.05, 0.1) is 12.7 Å². The summed E-state index contributed by atoms with van der Waals surface area (Å²) in [7, 11) is 1.42. The number of methoxy groups -OCH3 is 1. The van der Waals surface area contributed by atoms with Crippen LogP contribution in [0.4, 0.5) is 0 Å². The lowest BCUT2D eigenvalue weighted by molar-refractivity contribution is -0.142. The van der Waals surface area contributed by atoms with Crippen molar-refractivity contribution in [3.8, 4) is 0 Å². The van der Waals surface area contributed by atoms with Gasteiger partial charge >= 0.3 is 5.97 Å². The van der Waals surface area contributed by atoms with Crippen LogP contribution < -0.4 is 0 Å². The average molecular weight is 290 g/mol. The van der Waals surface area contributed by atoms with Gasteiger partial charge in [-0.1, -0.05) is 13.3 Å². The minimum Gasteiger partial charge on any atom is -0.469 e. The van der Waals surface area contributed by atoms with E-state index in [1.54, 1.807) is 24.5 Å². The van der Waals surface area contributed by atoms with Gasteiger partial charge in [0.15, 0.2) is 0 Å². The molecule has 0 aliphatic carbocycles. The number of rotatable bonds is 4. The van der Waals surface area contributed by atoms with E-state index in [2.05, 4.69) is 11.9 Å². The number of nitrogens with zero attached hydrogens (tertiary/aromatic N) is 2. The molecule has 0 unspecified atom stereocenters. The molecule has 1 amide bonds. The first kappa shape index (κ1) is 15.5. The van der Waals surface area contributed by atoms with Gasteiger partial charge in [-0.25, -0.2) is 0 Å². The molecule has 1 aromatic heterocycles. The molecule has 2 rings (SSSR count). The van der Waals surface area contributed by atoms with Crippen LogP contribution >= 0.6 is 0 Å². The maximum Gasteiger partial charge on any atom is 0.305 e. The second-order valence-corrected chi connectivity index (χ2v) is 5.49. The number of hydrogen-bond acceptors (Lipinski definition) is 4. The van der Waals surface area contributed by atoms with Crippen molar-refractivity contribution in [3.63, 3.8) is 0 Å². The lowest BCUT2D eigenvalue weighted by atomic mass is 9.81. The van der Waals surface area contributed by atoms with E-state index in [9.17, 15) is 9.59 Å². The first-order valence-electron chi connectivity index (χ1n) is 7.41. The molecule has 1 aliphatic heterocycles. The van der Waals surface area contributed by atoms with Gasteiger partial charge in [-0.2, -0.15) is 0 Å². The van der Waals surface area contributed by atoms with Crippen LogP contribution in [0.5, 0.6) is 0 Å². The van der Waals surface area contributed by atoms with Gasteiger partial charge in [0, 0.05) is 31.9 Å². The predicted molar refractivity (Wildman–Crippen MR) is 78.7 cm³/mol. The number of carbonyl (C=O) groups excluding carboxylic acids is 2. The Kier molecular flexibility index (Phi) is 5.31. The molecule has 1 fully saturated rings. The lowest BCUT2D eigenvalue weighted by Gasteiger charge is -2.38. The van der Waals surface area contributed by atoms with Crippen LogP contribution in [0.3, 0.4) is 0 Å². The lowest BCUT2D eigenvalue weighted by Crippen LogP contribution is -2.44. The first-order valence-corrected chi connectivity index (χ1v) is 7.41. The van der Waals surface area contributed by atoms with E-state index in [0.29, 0.717) is 36.9 Å². The number of likely N-dealkylation sites (tertiary alicyclic amines) is 1. The van der Waals surface area contributed by atoms with Crippen LogP contribution in [0.2, 0.25) is 0 Å². The summed E-state index contributed by atoms with van der Waals surface area (Å²) >= 11 is 0. The van der Waals surface area contributed by atoms with Crippen LogP contribution in [0.1, 0.15) is 36.5 Å². The van der Waals surface area contributed by atoms with Crippen LogP contribution in [-0.2, 0) is 9.53 Å². The average Bonchev–Trinajstić information content (AvgIpc) is 2.55. The molecule has 21 heavy (non-hydrogen) atoms. The fraction of sp³-hybridized carbons (Fsp3) is 0.562. The summed E-state index contributed by atoms with van der Waals surface area (Å²) in [5.41, 5.74) is 0.624. The molecule has 1 aliphatic rings. The number of carbonyl (C=O) groups is 2. The summed E-state index contributed by atoms with van der Waals surface area (Å²) in [4.78, 5) is 29.8. The Hall–Kier alpha value is -1.91. The number of aromatic nitrogens is 1. The van der Waals surface area contributed by atoms with Crippen molar-refractivity contribution in [1.29, 1.82) is 0 Å². The van der Waals surface area contributed by atoms with Gasteiger partial charge in [-0.3, -0.25) is 14.6 Å². The summed E-state index contributed by atoms with van der Waals surface area (Å²) in [5.74, 6) is 0.516. The van der Waals surface area contributed by atoms with Gasteiger partial charge in [-0.15, -0.1) is 0 Å². The summed E-state index contributed by atoms with van der Waals surface area (Å²) < 4.78 is 4.76. The van der Waals surface area contributed by atoms with Crippen molar-refractivity contribution in [3.05, 3.63) is 30.1 Å². The third-order valence-corrected chi connectivity index (χ3v) is 4.27. The first-order chi connectivity index (χ1) is 10.2. The molecule has 1 saturated heterocycles. The van der Waals surface area contributed by atoms with Gasteiger partial charge in [-0.05, 0) is 30.4 Å². The van der Waals surface area contributed by atoms with Crippen LogP contribution in [0, 0.1) is 11.8 Å². The van der Waals surface area contributed by atoms with Gasteiger partial charge < -0.3 is 9.64 Å². The fourth-order valence-corrected chi connectivity index (χ4v) is 2.97. The zero-order valence-corrected chi connectivity index (χ0v) is 12.6. The topological polar surface area (TPSA) is 59.5 Å². The Bertz CT molecular complexity index is 490. The number of piperidine rings is 1. The highest BCUT2D eigenvalue weighted by molar-refractivity contribution is 5.93. The van der Waals surface area contributed by atoms with Crippen molar-refractivity contribution in [2.24, 2.45) is 11.8 Å². The maximum atomic E-state index is 12.4. The number of esters is 1. The Morgan fingerprint density at radius 3 is 2.86 bits per heavy atom. The molecular weight excluding hydrogens is 268 g/mol. The largest absolute Gasteiger partial charge is 0.469 e. The molecule has 2 heterocycles. The highest BCUT2D eigenvalue weighted by Gasteiger charge is 2.32. The second kappa shape index (κ2) is 7.20. The van der Waals surface area contributed by atoms with E-state index in [1.165, 1.54) is 7.11 Å². The summed E-state index contributed by atoms with van der Waals surface area (Å²) in [6, 6.07) is 3.56. The molecule has 0 N–H and O–H groups in total. The van der Waals surface area contributed by atoms with Crippen molar-refractivity contribution in [2.75, 3.05) is 20.2 Å². The van der Waals surface area contributed by atoms with Crippen molar-refractivity contribution >= 4 is 11.9 Å². The van der Waals surface area contributed by atoms with E-state index in [0.717, 1.165) is 12.8 Å². The molecular formula is C16H22N2O3. The molecule has 0 bridgehead atoms. The van der Waals surface area contributed by atoms with Crippen LogP contribution in [-0.4, -0.2) is 42.0 Å². The molecule has 0 radical (unpaired) electrons. The Morgan fingerprint density at radius 1 is 1.43 bits per heavy atom. The Balaban J connectivity index is 2.00. The molecule has 5 nitrogen and oxygen atoms in total. The van der Waals surface area contributed by atoms with Gasteiger partial charge in [0.1, 0.15) is 0 Å². The van der Waals surface area contributed by atoms with E-state index in [4.69, 9.17) is 4.74 Å². The molecule has 2 atom stereocenters. The van der Waals surface area contributed by atoms with Crippen molar-refractivity contribution in [1.82, 2.24) is 9.88 Å². The van der Waals surface area contributed by atoms with Crippen molar-refractivity contribution < 1.29 is 14.3 Å². The Labute approximate surface area is 125 Å². The predicted octanol–water partition coefficient (Wildman–Crippen LogP) is 2.13. The summed E-state index contributed by atoms with van der Waals surface area (Å²) in [6.07, 6.45) is 5.51. The smallest absolute Gasteiger partial charge is 0.305 e. The zero-order chi connectivity index (χ0) is 15.2. The van der Waals surface area contributed by atoms with E-state index < -0.39 is 0 Å². The number of amides is 1. The van der Waals surface area contributed by atoms with Gasteiger partial charge in [0.25, 0.3) is 5.91 Å². The molecule has 1 aromatic rings. The maximum absolute atomic E-state index is 12.4. The molecule has 5 heteroatoms. The monoisotopic (exact) mass is 290 g/mol. The van der Waals surface area contributed by atoms with E-state index >= 15 is 0 Å². The molecule has 0 saturated carbocycles. The molecule has 0 aromatic carbocycles. The highest BCUT2D eigenvalue weighted by atomic mass is 16.5. The SMILES string of the molecule is CC[C@H]1CN(C(=O)c2cccnc2)CC[C@H]1CC(=O)OC. The normalized spacial score (nSPS) is 21.9. The minimum atomic E-state index is -0.162. The highest BCUT2D eigenvalue weighted by Crippen LogP contribution is 2.29. The van der Waals surface area contributed by atoms with E-state index in [-0.39, 0.29) is 11.9 Å². The van der Waals surface area contributed by atoms with Crippen molar-refractivity contribution in [2.45, 2.75) is 26.2 Å². The van der Waals surface area contributed by atoms with Crippen LogP contribution in [0.25, 0.3) is 0 Å². The quantitative estimate of drug-likeness (QED) is 0.797. The standard InChI is InChI=1S/C16H22N2O3/c1-3-12-11-18(8-6-13(12)9-15(19)21-2)16(20)14-5-4-7-17-10-14/h4-5,7,10,12-13H,3,6,8-9,11H2,1-2H3/t12-,13-/m0/s1. The third kappa shape index (κ3) is 3.80. The molecule has 114 valence electrons. The number of hydrogen-bond donors (Lipinski definition) is 0. The fourth-order valence-electron chi connectivity index (χ4n) is 2.97. The summed E-state index contributed by atoms with van der Waals surface area (Å²) in [5, 5.41) is 0. The number of pyridine rings is 1. The van der Waals surface area contributed by atoms with Gasteiger partial charge in [0.2, 0.25) is 0 Å². The van der Waals surface area contributed by atoms with E-state index in [1.807, 2.05) is 4.90 Å². The summed E-state index contributed by atoms with van der Waals surface area (Å²) in [6.45, 7) is 3.49. The second-order valence-electron chi connectivity index (χ2n) is 5.49. The minimum absolute atomic E-state index is 0.0260. The third-order valence-electron chi connectivity index (χ3n) is 4.27. The molecule has 0 spiro atoms. The number of ether oxygens (including phenoxy) is 1. The van der Waals surface area contributed by atoms with Crippen LogP contribution in [0.15, 0.2) is 24.5 Å². The zero-order valence-electron chi connectivity index (χ0n) is 12.6. The Morgan fingerprint density at radius 2 is 2.24 bits per heavy atom.